The van der Waals surface area contributed by atoms with Gasteiger partial charge in [0.25, 0.3) is 5.56 Å². The molecule has 0 spiro atoms. The van der Waals surface area contributed by atoms with Gasteiger partial charge in [-0.15, -0.1) is 0 Å². The number of hydrogen-bond donors (Lipinski definition) is 1. The maximum absolute atomic E-state index is 13.3. The van der Waals surface area contributed by atoms with E-state index in [1.807, 2.05) is 44.2 Å². The van der Waals surface area contributed by atoms with Crippen molar-refractivity contribution in [2.45, 2.75) is 38.6 Å². The van der Waals surface area contributed by atoms with Crippen molar-refractivity contribution in [1.29, 1.82) is 0 Å². The second kappa shape index (κ2) is 9.22. The molecule has 0 saturated heterocycles. The number of thioether (sulfide) groups is 1. The number of amides is 1. The van der Waals surface area contributed by atoms with E-state index in [4.69, 9.17) is 9.40 Å². The molecule has 4 rings (SSSR count). The number of furan rings is 1. The molecular formula is C22H23N5O3S. The Morgan fingerprint density at radius 3 is 2.71 bits per heavy atom. The van der Waals surface area contributed by atoms with Crippen LogP contribution in [0.2, 0.25) is 0 Å². The lowest BCUT2D eigenvalue weighted by Crippen LogP contribution is -2.27. The molecule has 0 bridgehead atoms. The van der Waals surface area contributed by atoms with Gasteiger partial charge in [0.05, 0.1) is 24.3 Å². The van der Waals surface area contributed by atoms with Gasteiger partial charge in [-0.05, 0) is 31.5 Å². The number of carbonyl (C=O) groups is 1. The lowest BCUT2D eigenvalue weighted by molar-refractivity contribution is -0.118. The van der Waals surface area contributed by atoms with Crippen molar-refractivity contribution in [3.63, 3.8) is 0 Å². The number of aryl methyl sites for hydroxylation is 2. The van der Waals surface area contributed by atoms with Crippen molar-refractivity contribution >= 4 is 28.7 Å². The van der Waals surface area contributed by atoms with E-state index in [0.29, 0.717) is 40.7 Å². The minimum absolute atomic E-state index is 0.131. The van der Waals surface area contributed by atoms with Crippen molar-refractivity contribution in [3.8, 4) is 0 Å². The predicted molar refractivity (Wildman–Crippen MR) is 119 cm³/mol. The average Bonchev–Trinajstić information content (AvgIpc) is 3.41. The number of hydrogen-bond acceptors (Lipinski definition) is 6. The minimum atomic E-state index is -0.198. The summed E-state index contributed by atoms with van der Waals surface area (Å²) >= 11 is 1.23. The quantitative estimate of drug-likeness (QED) is 0.336. The smallest absolute Gasteiger partial charge is 0.280 e. The SMILES string of the molecule is CCn1nc(C)c2nc(SCC(=O)NCc3ccccc3)n(Cc3ccco3)c(=O)c21. The molecule has 8 nitrogen and oxygen atoms in total. The van der Waals surface area contributed by atoms with Gasteiger partial charge in [0.2, 0.25) is 5.91 Å². The van der Waals surface area contributed by atoms with E-state index in [1.165, 1.54) is 11.8 Å². The molecule has 9 heteroatoms. The third kappa shape index (κ3) is 4.56. The number of rotatable bonds is 8. The minimum Gasteiger partial charge on any atom is -0.467 e. The Bertz CT molecular complexity index is 1250. The number of benzene rings is 1. The molecule has 0 saturated carbocycles. The zero-order chi connectivity index (χ0) is 21.8. The van der Waals surface area contributed by atoms with E-state index in [1.54, 1.807) is 27.6 Å². The van der Waals surface area contributed by atoms with Crippen LogP contribution in [0.3, 0.4) is 0 Å². The number of carbonyl (C=O) groups excluding carboxylic acids is 1. The maximum Gasteiger partial charge on any atom is 0.280 e. The van der Waals surface area contributed by atoms with Crippen LogP contribution in [0.4, 0.5) is 0 Å². The third-order valence-electron chi connectivity index (χ3n) is 4.84. The molecule has 3 heterocycles. The van der Waals surface area contributed by atoms with E-state index in [-0.39, 0.29) is 23.8 Å². The standard InChI is InChI=1S/C22H23N5O3S/c1-3-27-20-19(15(2)25-27)24-22(26(21(20)29)13-17-10-7-11-30-17)31-14-18(28)23-12-16-8-5-4-6-9-16/h4-11H,3,12-14H2,1-2H3,(H,23,28). The van der Waals surface area contributed by atoms with Crippen LogP contribution in [0.5, 0.6) is 0 Å². The molecule has 0 aliphatic rings. The van der Waals surface area contributed by atoms with Gasteiger partial charge < -0.3 is 9.73 Å². The van der Waals surface area contributed by atoms with E-state index >= 15 is 0 Å². The number of nitrogens with zero attached hydrogens (tertiary/aromatic N) is 4. The van der Waals surface area contributed by atoms with Crippen molar-refractivity contribution in [1.82, 2.24) is 24.6 Å². The van der Waals surface area contributed by atoms with Crippen LogP contribution >= 0.6 is 11.8 Å². The molecule has 0 unspecified atom stereocenters. The molecule has 0 atom stereocenters. The van der Waals surface area contributed by atoms with Crippen LogP contribution in [0, 0.1) is 6.92 Å². The Hall–Kier alpha value is -3.33. The van der Waals surface area contributed by atoms with Crippen LogP contribution in [0.1, 0.15) is 23.9 Å². The molecule has 0 radical (unpaired) electrons. The fraction of sp³-hybridized carbons (Fsp3) is 0.273. The van der Waals surface area contributed by atoms with Gasteiger partial charge in [0.1, 0.15) is 11.3 Å². The van der Waals surface area contributed by atoms with Gasteiger partial charge in [-0.3, -0.25) is 18.8 Å². The summed E-state index contributed by atoms with van der Waals surface area (Å²) in [6.45, 7) is 5.02. The number of aromatic nitrogens is 4. The van der Waals surface area contributed by atoms with Crippen LogP contribution in [0.15, 0.2) is 63.1 Å². The van der Waals surface area contributed by atoms with Crippen molar-refractivity contribution in [2.75, 3.05) is 5.75 Å². The molecular weight excluding hydrogens is 414 g/mol. The summed E-state index contributed by atoms with van der Waals surface area (Å²) in [5.41, 5.74) is 2.54. The lowest BCUT2D eigenvalue weighted by Gasteiger charge is -2.12. The zero-order valence-corrected chi connectivity index (χ0v) is 18.2. The number of fused-ring (bicyclic) bond motifs is 1. The third-order valence-corrected chi connectivity index (χ3v) is 5.82. The molecule has 31 heavy (non-hydrogen) atoms. The first-order chi connectivity index (χ1) is 15.1. The highest BCUT2D eigenvalue weighted by Crippen LogP contribution is 2.21. The van der Waals surface area contributed by atoms with E-state index in [2.05, 4.69) is 10.4 Å². The highest BCUT2D eigenvalue weighted by Gasteiger charge is 2.19. The van der Waals surface area contributed by atoms with Gasteiger partial charge in [-0.2, -0.15) is 5.10 Å². The molecule has 0 aliphatic carbocycles. The Morgan fingerprint density at radius 1 is 1.19 bits per heavy atom. The van der Waals surface area contributed by atoms with E-state index in [0.717, 1.165) is 5.56 Å². The molecule has 1 amide bonds. The highest BCUT2D eigenvalue weighted by atomic mass is 32.2. The molecule has 0 aliphatic heterocycles. The van der Waals surface area contributed by atoms with Crippen LogP contribution in [0.25, 0.3) is 11.0 Å². The Kier molecular flexibility index (Phi) is 6.22. The fourth-order valence-corrected chi connectivity index (χ4v) is 4.12. The molecule has 4 aromatic rings. The Balaban J connectivity index is 1.60. The topological polar surface area (TPSA) is 95.0 Å². The van der Waals surface area contributed by atoms with E-state index < -0.39 is 0 Å². The fourth-order valence-electron chi connectivity index (χ4n) is 3.30. The van der Waals surface area contributed by atoms with E-state index in [9.17, 15) is 9.59 Å². The summed E-state index contributed by atoms with van der Waals surface area (Å²) in [4.78, 5) is 30.4. The largest absolute Gasteiger partial charge is 0.467 e. The van der Waals surface area contributed by atoms with Crippen molar-refractivity contribution < 1.29 is 9.21 Å². The summed E-state index contributed by atoms with van der Waals surface area (Å²) in [5, 5.41) is 7.80. The monoisotopic (exact) mass is 437 g/mol. The summed E-state index contributed by atoms with van der Waals surface area (Å²) in [7, 11) is 0. The van der Waals surface area contributed by atoms with Crippen molar-refractivity contribution in [3.05, 3.63) is 76.1 Å². The van der Waals surface area contributed by atoms with Crippen LogP contribution < -0.4 is 10.9 Å². The number of nitrogens with one attached hydrogen (secondary N) is 1. The van der Waals surface area contributed by atoms with Gasteiger partial charge in [0, 0.05) is 13.1 Å². The summed E-state index contributed by atoms with van der Waals surface area (Å²) in [6, 6.07) is 13.3. The average molecular weight is 438 g/mol. The first-order valence-corrected chi connectivity index (χ1v) is 11.0. The summed E-state index contributed by atoms with van der Waals surface area (Å²) < 4.78 is 8.65. The molecule has 1 N–H and O–H groups in total. The van der Waals surface area contributed by atoms with Gasteiger partial charge >= 0.3 is 0 Å². The van der Waals surface area contributed by atoms with Gasteiger partial charge in [-0.25, -0.2) is 4.98 Å². The first-order valence-electron chi connectivity index (χ1n) is 10.0. The predicted octanol–water partition coefficient (Wildman–Crippen LogP) is 2.97. The Labute approximate surface area is 183 Å². The summed E-state index contributed by atoms with van der Waals surface area (Å²) in [5.74, 6) is 0.649. The molecule has 3 aromatic heterocycles. The second-order valence-corrected chi connectivity index (χ2v) is 7.96. The molecule has 160 valence electrons. The van der Waals surface area contributed by atoms with Crippen LogP contribution in [-0.4, -0.2) is 31.0 Å². The van der Waals surface area contributed by atoms with Gasteiger partial charge in [-0.1, -0.05) is 42.1 Å². The first kappa shape index (κ1) is 20.9. The second-order valence-electron chi connectivity index (χ2n) is 7.01. The normalized spacial score (nSPS) is 11.2. The molecule has 0 fully saturated rings. The molecule has 1 aromatic carbocycles. The highest BCUT2D eigenvalue weighted by molar-refractivity contribution is 7.99. The zero-order valence-electron chi connectivity index (χ0n) is 17.4. The van der Waals surface area contributed by atoms with Gasteiger partial charge in [0.15, 0.2) is 10.7 Å². The van der Waals surface area contributed by atoms with Crippen LogP contribution in [-0.2, 0) is 24.4 Å². The maximum atomic E-state index is 13.3. The Morgan fingerprint density at radius 2 is 2.00 bits per heavy atom. The van der Waals surface area contributed by atoms with Crippen molar-refractivity contribution in [2.24, 2.45) is 0 Å². The summed E-state index contributed by atoms with van der Waals surface area (Å²) in [6.07, 6.45) is 1.57. The lowest BCUT2D eigenvalue weighted by atomic mass is 10.2.